The Morgan fingerprint density at radius 3 is 2.75 bits per heavy atom. The predicted octanol–water partition coefficient (Wildman–Crippen LogP) is 3.42. The molecular weight excluding hydrogens is 350 g/mol. The number of aryl methyl sites for hydroxylation is 2. The van der Waals surface area contributed by atoms with E-state index in [4.69, 9.17) is 4.74 Å². The van der Waals surface area contributed by atoms with E-state index in [-0.39, 0.29) is 0 Å². The Kier molecular flexibility index (Phi) is 6.53. The Bertz CT molecular complexity index is 961. The number of hydrogen-bond acceptors (Lipinski definition) is 3. The maximum absolute atomic E-state index is 5.76. The van der Waals surface area contributed by atoms with Crippen molar-refractivity contribution in [3.63, 3.8) is 0 Å². The molecule has 148 valence electrons. The summed E-state index contributed by atoms with van der Waals surface area (Å²) in [6.07, 6.45) is 0. The molecule has 6 nitrogen and oxygen atoms in total. The second-order valence-electron chi connectivity index (χ2n) is 6.70. The molecule has 3 aromatic rings. The third-order valence-corrected chi connectivity index (χ3v) is 4.67. The topological polar surface area (TPSA) is 63.5 Å². The highest BCUT2D eigenvalue weighted by Crippen LogP contribution is 2.20. The molecule has 6 heteroatoms. The molecule has 0 saturated heterocycles. The van der Waals surface area contributed by atoms with E-state index in [0.29, 0.717) is 13.2 Å². The minimum Gasteiger partial charge on any atom is -0.494 e. The van der Waals surface area contributed by atoms with E-state index in [1.54, 1.807) is 7.05 Å². The number of benzene rings is 2. The zero-order chi connectivity index (χ0) is 19.9. The lowest BCUT2D eigenvalue weighted by atomic mass is 10.1. The molecule has 3 rings (SSSR count). The molecule has 1 heterocycles. The largest absolute Gasteiger partial charge is 0.494 e. The first-order valence-electron chi connectivity index (χ1n) is 9.71. The van der Waals surface area contributed by atoms with Gasteiger partial charge in [0.25, 0.3) is 0 Å². The van der Waals surface area contributed by atoms with Crippen LogP contribution in [0.25, 0.3) is 11.0 Å². The van der Waals surface area contributed by atoms with E-state index in [9.17, 15) is 0 Å². The summed E-state index contributed by atoms with van der Waals surface area (Å²) in [7, 11) is 1.78. The standard InChI is InChI=1S/C22H29N5O/c1-5-28-21-14-16(2)10-11-18(21)15-25-22(23-4)24-12-13-27-17(3)26-19-8-6-7-9-20(19)27/h6-11,14H,5,12-13,15H2,1-4H3,(H2,23,24,25). The molecule has 0 amide bonds. The van der Waals surface area contributed by atoms with E-state index in [0.717, 1.165) is 47.2 Å². The number of ether oxygens (including phenoxy) is 1. The summed E-state index contributed by atoms with van der Waals surface area (Å²) in [4.78, 5) is 8.95. The number of guanidine groups is 1. The lowest BCUT2D eigenvalue weighted by Gasteiger charge is -2.15. The number of rotatable bonds is 7. The van der Waals surface area contributed by atoms with Crippen LogP contribution in [0.15, 0.2) is 47.5 Å². The van der Waals surface area contributed by atoms with Crippen LogP contribution in [0.4, 0.5) is 0 Å². The van der Waals surface area contributed by atoms with Gasteiger partial charge < -0.3 is 19.9 Å². The molecule has 0 radical (unpaired) electrons. The molecule has 2 aromatic carbocycles. The number of aliphatic imine (C=N–C) groups is 1. The molecule has 0 fully saturated rings. The summed E-state index contributed by atoms with van der Waals surface area (Å²) in [6, 6.07) is 14.5. The monoisotopic (exact) mass is 379 g/mol. The van der Waals surface area contributed by atoms with Gasteiger partial charge in [0.05, 0.1) is 17.6 Å². The first kappa shape index (κ1) is 19.7. The van der Waals surface area contributed by atoms with Crippen LogP contribution in [0.5, 0.6) is 5.75 Å². The molecule has 0 unspecified atom stereocenters. The summed E-state index contributed by atoms with van der Waals surface area (Å²) in [6.45, 7) is 9.00. The fourth-order valence-electron chi connectivity index (χ4n) is 3.26. The lowest BCUT2D eigenvalue weighted by molar-refractivity contribution is 0.336. The smallest absolute Gasteiger partial charge is 0.191 e. The number of nitrogens with one attached hydrogen (secondary N) is 2. The fraction of sp³-hybridized carbons (Fsp3) is 0.364. The summed E-state index contributed by atoms with van der Waals surface area (Å²) >= 11 is 0. The van der Waals surface area contributed by atoms with Crippen LogP contribution in [-0.2, 0) is 13.1 Å². The maximum Gasteiger partial charge on any atom is 0.191 e. The molecule has 0 aliphatic carbocycles. The maximum atomic E-state index is 5.76. The normalized spacial score (nSPS) is 11.6. The van der Waals surface area contributed by atoms with Gasteiger partial charge in [0.2, 0.25) is 0 Å². The van der Waals surface area contributed by atoms with Gasteiger partial charge >= 0.3 is 0 Å². The van der Waals surface area contributed by atoms with E-state index in [1.165, 1.54) is 5.56 Å². The van der Waals surface area contributed by atoms with Crippen molar-refractivity contribution in [3.05, 3.63) is 59.4 Å². The molecule has 2 N–H and O–H groups in total. The quantitative estimate of drug-likeness (QED) is 0.488. The summed E-state index contributed by atoms with van der Waals surface area (Å²) in [5.74, 6) is 2.71. The van der Waals surface area contributed by atoms with Gasteiger partial charge in [0, 0.05) is 32.2 Å². The van der Waals surface area contributed by atoms with Crippen LogP contribution < -0.4 is 15.4 Å². The molecule has 1 aromatic heterocycles. The van der Waals surface area contributed by atoms with Gasteiger partial charge in [-0.2, -0.15) is 0 Å². The van der Waals surface area contributed by atoms with Crippen LogP contribution in [0, 0.1) is 13.8 Å². The highest BCUT2D eigenvalue weighted by atomic mass is 16.5. The number of imidazole rings is 1. The zero-order valence-electron chi connectivity index (χ0n) is 17.1. The second-order valence-corrected chi connectivity index (χ2v) is 6.70. The zero-order valence-corrected chi connectivity index (χ0v) is 17.1. The van der Waals surface area contributed by atoms with Crippen molar-refractivity contribution in [2.24, 2.45) is 4.99 Å². The predicted molar refractivity (Wildman–Crippen MR) is 115 cm³/mol. The number of hydrogen-bond donors (Lipinski definition) is 2. The van der Waals surface area contributed by atoms with Crippen LogP contribution in [0.2, 0.25) is 0 Å². The van der Waals surface area contributed by atoms with Crippen molar-refractivity contribution in [3.8, 4) is 5.75 Å². The van der Waals surface area contributed by atoms with Crippen LogP contribution in [-0.4, -0.2) is 35.7 Å². The van der Waals surface area contributed by atoms with E-state index in [1.807, 2.05) is 32.0 Å². The van der Waals surface area contributed by atoms with Gasteiger partial charge in [-0.1, -0.05) is 24.3 Å². The van der Waals surface area contributed by atoms with E-state index >= 15 is 0 Å². The highest BCUT2D eigenvalue weighted by Gasteiger charge is 2.08. The molecule has 0 spiro atoms. The van der Waals surface area contributed by atoms with E-state index in [2.05, 4.69) is 56.4 Å². The summed E-state index contributed by atoms with van der Waals surface area (Å²) < 4.78 is 7.98. The van der Waals surface area contributed by atoms with Crippen LogP contribution in [0.3, 0.4) is 0 Å². The molecule has 28 heavy (non-hydrogen) atoms. The van der Waals surface area contributed by atoms with Crippen LogP contribution >= 0.6 is 0 Å². The number of para-hydroxylation sites is 2. The van der Waals surface area contributed by atoms with Gasteiger partial charge in [-0.15, -0.1) is 0 Å². The number of aromatic nitrogens is 2. The van der Waals surface area contributed by atoms with Crippen molar-refractivity contribution in [1.29, 1.82) is 0 Å². The van der Waals surface area contributed by atoms with E-state index < -0.39 is 0 Å². The third kappa shape index (κ3) is 4.63. The molecule has 0 bridgehead atoms. The van der Waals surface area contributed by atoms with Crippen molar-refractivity contribution in [2.75, 3.05) is 20.2 Å². The van der Waals surface area contributed by atoms with Crippen molar-refractivity contribution in [2.45, 2.75) is 33.9 Å². The van der Waals surface area contributed by atoms with Crippen LogP contribution in [0.1, 0.15) is 23.9 Å². The second kappa shape index (κ2) is 9.26. The first-order chi connectivity index (χ1) is 13.6. The molecule has 0 aliphatic rings. The minimum atomic E-state index is 0.654. The third-order valence-electron chi connectivity index (χ3n) is 4.67. The number of fused-ring (bicyclic) bond motifs is 1. The van der Waals surface area contributed by atoms with Crippen molar-refractivity contribution in [1.82, 2.24) is 20.2 Å². The van der Waals surface area contributed by atoms with Gasteiger partial charge in [0.15, 0.2) is 5.96 Å². The summed E-state index contributed by atoms with van der Waals surface area (Å²) in [5.41, 5.74) is 4.50. The molecule has 0 aliphatic heterocycles. The average molecular weight is 380 g/mol. The average Bonchev–Trinajstić information content (AvgIpc) is 3.01. The Morgan fingerprint density at radius 2 is 1.96 bits per heavy atom. The fourth-order valence-corrected chi connectivity index (χ4v) is 3.26. The summed E-state index contributed by atoms with van der Waals surface area (Å²) in [5, 5.41) is 6.75. The Morgan fingerprint density at radius 1 is 1.14 bits per heavy atom. The minimum absolute atomic E-state index is 0.654. The molecule has 0 saturated carbocycles. The molecular formula is C22H29N5O. The molecule has 0 atom stereocenters. The highest BCUT2D eigenvalue weighted by molar-refractivity contribution is 5.79. The van der Waals surface area contributed by atoms with Gasteiger partial charge in [0.1, 0.15) is 11.6 Å². The first-order valence-corrected chi connectivity index (χ1v) is 9.71. The van der Waals surface area contributed by atoms with Gasteiger partial charge in [-0.25, -0.2) is 4.98 Å². The number of nitrogens with zero attached hydrogens (tertiary/aromatic N) is 3. The SMILES string of the molecule is CCOc1cc(C)ccc1CNC(=NC)NCCn1c(C)nc2ccccc21. The Labute approximate surface area is 166 Å². The lowest BCUT2D eigenvalue weighted by Crippen LogP contribution is -2.38. The van der Waals surface area contributed by atoms with Gasteiger partial charge in [-0.05, 0) is 44.5 Å². The Balaban J connectivity index is 1.57. The van der Waals surface area contributed by atoms with Crippen molar-refractivity contribution < 1.29 is 4.74 Å². The van der Waals surface area contributed by atoms with Gasteiger partial charge in [-0.3, -0.25) is 4.99 Å². The Hall–Kier alpha value is -3.02. The van der Waals surface area contributed by atoms with Crippen molar-refractivity contribution >= 4 is 17.0 Å².